The highest BCUT2D eigenvalue weighted by Crippen LogP contribution is 2.69. The molecule has 10 atom stereocenters. The minimum absolute atomic E-state index is 0.00694. The Labute approximate surface area is 272 Å². The lowest BCUT2D eigenvalue weighted by atomic mass is 9.38. The number of carbonyl (C=O) groups is 3. The van der Waals surface area contributed by atoms with Gasteiger partial charge < -0.3 is 24.1 Å². The van der Waals surface area contributed by atoms with Crippen molar-refractivity contribution in [2.24, 2.45) is 52.3 Å². The van der Waals surface area contributed by atoms with Gasteiger partial charge in [0, 0.05) is 23.2 Å². The van der Waals surface area contributed by atoms with E-state index in [1.165, 1.54) is 0 Å². The van der Waals surface area contributed by atoms with E-state index >= 15 is 0 Å². The SMILES string of the molecule is CC1=CC(=O)[C@@H](OC(CBr)OC(C)(C)C)[C@@]2(C)C1C[C@H]1OC(=O)C(OC(=O)CC(C(C)C)C(C)C)C3[C@@H](C)CCC2[C@]31CO. The monoisotopic (exact) mass is 682 g/mol. The van der Waals surface area contributed by atoms with E-state index in [-0.39, 0.29) is 54.3 Å². The van der Waals surface area contributed by atoms with Gasteiger partial charge in [-0.05, 0) is 88.5 Å². The van der Waals surface area contributed by atoms with Crippen LogP contribution >= 0.6 is 15.9 Å². The molecule has 1 N–H and O–H groups in total. The first kappa shape index (κ1) is 35.6. The van der Waals surface area contributed by atoms with E-state index in [0.717, 1.165) is 18.4 Å². The fourth-order valence-corrected chi connectivity index (χ4v) is 9.94. The maximum Gasteiger partial charge on any atom is 0.348 e. The van der Waals surface area contributed by atoms with Gasteiger partial charge in [-0.2, -0.15) is 0 Å². The van der Waals surface area contributed by atoms with E-state index in [4.69, 9.17) is 18.9 Å². The third-order valence-electron chi connectivity index (χ3n) is 11.4. The molecule has 1 heterocycles. The molecule has 0 bridgehead atoms. The molecule has 8 nitrogen and oxygen atoms in total. The van der Waals surface area contributed by atoms with Gasteiger partial charge in [-0.15, -0.1) is 0 Å². The first-order valence-corrected chi connectivity index (χ1v) is 17.7. The summed E-state index contributed by atoms with van der Waals surface area (Å²) in [6.07, 6.45) is 0.668. The summed E-state index contributed by atoms with van der Waals surface area (Å²) in [5, 5.41) is 11.8. The number of ether oxygens (including phenoxy) is 4. The summed E-state index contributed by atoms with van der Waals surface area (Å²) in [5.41, 5.74) is -1.17. The smallest absolute Gasteiger partial charge is 0.348 e. The number of allylic oxidation sites excluding steroid dienone is 1. The molecule has 1 aliphatic heterocycles. The summed E-state index contributed by atoms with van der Waals surface area (Å²) in [4.78, 5) is 41.0. The van der Waals surface area contributed by atoms with E-state index < -0.39 is 58.9 Å². The zero-order valence-corrected chi connectivity index (χ0v) is 29.9. The summed E-state index contributed by atoms with van der Waals surface area (Å²) in [6, 6.07) is 0. The number of aliphatic hydroxyl groups excluding tert-OH is 1. The molecule has 250 valence electrons. The summed E-state index contributed by atoms with van der Waals surface area (Å²) in [6.45, 7) is 20.1. The Balaban J connectivity index is 1.76. The van der Waals surface area contributed by atoms with E-state index in [0.29, 0.717) is 11.8 Å². The zero-order chi connectivity index (χ0) is 32.9. The van der Waals surface area contributed by atoms with Crippen molar-refractivity contribution in [3.05, 3.63) is 11.6 Å². The Bertz CT molecular complexity index is 1120. The summed E-state index contributed by atoms with van der Waals surface area (Å²) in [5.74, 6) is -1.17. The number of ketones is 1. The second-order valence-corrected chi connectivity index (χ2v) is 16.5. The van der Waals surface area contributed by atoms with Crippen molar-refractivity contribution in [3.63, 3.8) is 0 Å². The van der Waals surface area contributed by atoms with Crippen LogP contribution in [0.5, 0.6) is 0 Å². The largest absolute Gasteiger partial charge is 0.459 e. The predicted molar refractivity (Wildman–Crippen MR) is 171 cm³/mol. The lowest BCUT2D eigenvalue weighted by molar-refractivity contribution is -0.296. The van der Waals surface area contributed by atoms with Crippen LogP contribution in [0.1, 0.15) is 94.9 Å². The Morgan fingerprint density at radius 2 is 1.80 bits per heavy atom. The van der Waals surface area contributed by atoms with Crippen LogP contribution in [0.15, 0.2) is 11.6 Å². The van der Waals surface area contributed by atoms with Gasteiger partial charge in [-0.3, -0.25) is 9.59 Å². The quantitative estimate of drug-likeness (QED) is 0.163. The molecular weight excluding hydrogens is 628 g/mol. The van der Waals surface area contributed by atoms with Gasteiger partial charge in [0.15, 0.2) is 12.1 Å². The number of alkyl halides is 1. The molecule has 44 heavy (non-hydrogen) atoms. The standard InChI is InChI=1S/C35H55BrO8/c1-18(2)22(19(3)4)14-27(39)42-30-29-20(5)11-12-25-34(10)23(15-26(41-32(30)40)35(25,29)17-37)21(6)13-24(38)31(34)43-28(16-36)44-33(7,8)9/h13,18-20,22-23,25-26,28-31,37H,11-12,14-17H2,1-10H3/t20-,23?,25?,26+,28?,29?,30?,31+,34-,35-/m0/s1. The van der Waals surface area contributed by atoms with Gasteiger partial charge in [-0.1, -0.05) is 63.0 Å². The van der Waals surface area contributed by atoms with Crippen molar-refractivity contribution in [3.8, 4) is 0 Å². The molecule has 5 unspecified atom stereocenters. The van der Waals surface area contributed by atoms with Crippen LogP contribution in [0, 0.1) is 52.3 Å². The van der Waals surface area contributed by atoms with Gasteiger partial charge in [0.05, 0.1) is 17.5 Å². The van der Waals surface area contributed by atoms with Gasteiger partial charge in [0.2, 0.25) is 6.10 Å². The van der Waals surface area contributed by atoms with Gasteiger partial charge in [-0.25, -0.2) is 4.79 Å². The molecule has 4 rings (SSSR count). The molecular formula is C35H55BrO8. The highest BCUT2D eigenvalue weighted by Gasteiger charge is 2.73. The van der Waals surface area contributed by atoms with E-state index in [1.807, 2.05) is 27.7 Å². The fraction of sp³-hybridized carbons (Fsp3) is 0.857. The Hall–Kier alpha value is -1.29. The number of hydrogen-bond acceptors (Lipinski definition) is 8. The Kier molecular flexibility index (Phi) is 10.6. The lowest BCUT2D eigenvalue weighted by Crippen LogP contribution is -2.73. The van der Waals surface area contributed by atoms with Crippen molar-refractivity contribution < 1.29 is 38.4 Å². The fourth-order valence-electron chi connectivity index (χ4n) is 9.66. The molecule has 0 amide bonds. The Morgan fingerprint density at radius 1 is 1.16 bits per heavy atom. The molecule has 2 saturated carbocycles. The van der Waals surface area contributed by atoms with Gasteiger partial charge in [0.1, 0.15) is 12.2 Å². The molecule has 0 radical (unpaired) electrons. The van der Waals surface area contributed by atoms with Crippen LogP contribution in [0.25, 0.3) is 0 Å². The molecule has 3 fully saturated rings. The number of rotatable bonds is 10. The van der Waals surface area contributed by atoms with Crippen LogP contribution in [0.4, 0.5) is 0 Å². The summed E-state index contributed by atoms with van der Waals surface area (Å²) in [7, 11) is 0. The summed E-state index contributed by atoms with van der Waals surface area (Å²) < 4.78 is 25.1. The van der Waals surface area contributed by atoms with E-state index in [1.54, 1.807) is 6.08 Å². The number of carbonyl (C=O) groups excluding carboxylic acids is 3. The molecule has 0 spiro atoms. The molecule has 0 aromatic carbocycles. The second-order valence-electron chi connectivity index (χ2n) is 15.9. The van der Waals surface area contributed by atoms with Crippen molar-refractivity contribution in [2.45, 2.75) is 125 Å². The minimum Gasteiger partial charge on any atom is -0.459 e. The second kappa shape index (κ2) is 13.1. The maximum absolute atomic E-state index is 13.8. The molecule has 3 aliphatic carbocycles. The number of halogens is 1. The lowest BCUT2D eigenvalue weighted by Gasteiger charge is -2.68. The van der Waals surface area contributed by atoms with Crippen molar-refractivity contribution >= 4 is 33.7 Å². The number of esters is 2. The minimum atomic E-state index is -1.11. The van der Waals surface area contributed by atoms with E-state index in [9.17, 15) is 19.5 Å². The van der Waals surface area contributed by atoms with Crippen LogP contribution in [0.2, 0.25) is 0 Å². The van der Waals surface area contributed by atoms with Crippen LogP contribution in [0.3, 0.4) is 0 Å². The molecule has 0 aromatic rings. The third kappa shape index (κ3) is 6.21. The maximum atomic E-state index is 13.8. The first-order valence-electron chi connectivity index (χ1n) is 16.5. The van der Waals surface area contributed by atoms with Gasteiger partial charge >= 0.3 is 11.9 Å². The highest BCUT2D eigenvalue weighted by atomic mass is 79.9. The van der Waals surface area contributed by atoms with Gasteiger partial charge in [0.25, 0.3) is 0 Å². The van der Waals surface area contributed by atoms with Crippen molar-refractivity contribution in [1.29, 1.82) is 0 Å². The average molecular weight is 684 g/mol. The van der Waals surface area contributed by atoms with E-state index in [2.05, 4.69) is 57.5 Å². The van der Waals surface area contributed by atoms with Crippen LogP contribution in [-0.4, -0.2) is 65.0 Å². The first-order chi connectivity index (χ1) is 20.4. The topological polar surface area (TPSA) is 108 Å². The van der Waals surface area contributed by atoms with Crippen LogP contribution in [-0.2, 0) is 33.3 Å². The zero-order valence-electron chi connectivity index (χ0n) is 28.4. The third-order valence-corrected chi connectivity index (χ3v) is 12.0. The molecule has 1 saturated heterocycles. The normalized spacial score (nSPS) is 37.8. The molecule has 0 aromatic heterocycles. The predicted octanol–water partition coefficient (Wildman–Crippen LogP) is 6.26. The Morgan fingerprint density at radius 3 is 2.34 bits per heavy atom. The van der Waals surface area contributed by atoms with Crippen LogP contribution < -0.4 is 0 Å². The van der Waals surface area contributed by atoms with Crippen molar-refractivity contribution in [1.82, 2.24) is 0 Å². The molecule has 9 heteroatoms. The number of fused-ring (bicyclic) bond motifs is 2. The summed E-state index contributed by atoms with van der Waals surface area (Å²) >= 11 is 3.52. The number of aliphatic hydroxyl groups is 1. The van der Waals surface area contributed by atoms with Crippen molar-refractivity contribution in [2.75, 3.05) is 11.9 Å². The average Bonchev–Trinajstić information content (AvgIpc) is 2.91. The number of hydrogen-bond donors (Lipinski definition) is 1. The molecule has 4 aliphatic rings. The highest BCUT2D eigenvalue weighted by molar-refractivity contribution is 9.09.